The van der Waals surface area contributed by atoms with Crippen LogP contribution in [0.25, 0.3) is 22.2 Å². The van der Waals surface area contributed by atoms with E-state index in [1.807, 2.05) is 0 Å². The number of aliphatic carboxylic acids is 1. The van der Waals surface area contributed by atoms with Crippen molar-refractivity contribution < 1.29 is 27.5 Å². The van der Waals surface area contributed by atoms with E-state index in [1.54, 1.807) is 42.6 Å². The van der Waals surface area contributed by atoms with E-state index in [-0.39, 0.29) is 23.4 Å². The lowest BCUT2D eigenvalue weighted by atomic mass is 10.0. The fraction of sp³-hybridized carbons (Fsp3) is 0.143. The first-order valence-corrected chi connectivity index (χ1v) is 13.6. The van der Waals surface area contributed by atoms with E-state index in [0.717, 1.165) is 10.4 Å². The Morgan fingerprint density at radius 1 is 1.10 bits per heavy atom. The number of hydrogen-bond donors (Lipinski definition) is 3. The Hall–Kier alpha value is -4.70. The molecule has 4 aromatic rings. The summed E-state index contributed by atoms with van der Waals surface area (Å²) in [6.07, 6.45) is 3.73. The van der Waals surface area contributed by atoms with Gasteiger partial charge >= 0.3 is 5.97 Å². The van der Waals surface area contributed by atoms with Crippen molar-refractivity contribution in [1.82, 2.24) is 19.7 Å². The van der Waals surface area contributed by atoms with Crippen molar-refractivity contribution in [3.8, 4) is 23.1 Å². The third-order valence-electron chi connectivity index (χ3n) is 6.54. The third-order valence-corrected chi connectivity index (χ3v) is 8.45. The first-order chi connectivity index (χ1) is 19.2. The number of carboxylic acid groups (broad SMARTS) is 1. The predicted octanol–water partition coefficient (Wildman–Crippen LogP) is 2.68. The minimum atomic E-state index is -4.17. The molecule has 1 unspecified atom stereocenters. The summed E-state index contributed by atoms with van der Waals surface area (Å²) in [4.78, 5) is 32.0. The molecule has 1 aliphatic heterocycles. The average Bonchev–Trinajstić information content (AvgIpc) is 3.47. The van der Waals surface area contributed by atoms with Crippen molar-refractivity contribution in [2.45, 2.75) is 23.8 Å². The van der Waals surface area contributed by atoms with Gasteiger partial charge < -0.3 is 5.11 Å². The average molecular weight is 560 g/mol. The van der Waals surface area contributed by atoms with Crippen molar-refractivity contribution in [2.24, 2.45) is 5.84 Å². The van der Waals surface area contributed by atoms with Crippen molar-refractivity contribution in [3.05, 3.63) is 89.5 Å². The highest BCUT2D eigenvalue weighted by molar-refractivity contribution is 7.89. The Kier molecular flexibility index (Phi) is 7.27. The smallest absolute Gasteiger partial charge is 0.322 e. The van der Waals surface area contributed by atoms with Crippen LogP contribution in [0.5, 0.6) is 0 Å². The van der Waals surface area contributed by atoms with Gasteiger partial charge in [0.05, 0.1) is 27.2 Å². The van der Waals surface area contributed by atoms with Crippen LogP contribution in [0.4, 0.5) is 4.39 Å². The van der Waals surface area contributed by atoms with Gasteiger partial charge in [0.25, 0.3) is 5.91 Å². The number of amides is 1. The molecule has 202 valence electrons. The van der Waals surface area contributed by atoms with Gasteiger partial charge in [-0.1, -0.05) is 24.0 Å². The van der Waals surface area contributed by atoms with Gasteiger partial charge in [-0.3, -0.25) is 20.0 Å². The number of aromatic nitrogens is 2. The van der Waals surface area contributed by atoms with Crippen LogP contribution in [0.15, 0.2) is 71.9 Å². The summed E-state index contributed by atoms with van der Waals surface area (Å²) >= 11 is 0. The molecule has 3 heterocycles. The summed E-state index contributed by atoms with van der Waals surface area (Å²) in [5, 5.41) is 9.87. The second-order valence-electron chi connectivity index (χ2n) is 9.00. The minimum absolute atomic E-state index is 0.0125. The largest absolute Gasteiger partial charge is 0.480 e. The van der Waals surface area contributed by atoms with Gasteiger partial charge in [0.1, 0.15) is 11.9 Å². The number of carboxylic acids is 1. The van der Waals surface area contributed by atoms with Gasteiger partial charge in [0.2, 0.25) is 10.0 Å². The Balaban J connectivity index is 1.39. The molecule has 1 aliphatic rings. The summed E-state index contributed by atoms with van der Waals surface area (Å²) in [7, 11) is -4.17. The summed E-state index contributed by atoms with van der Waals surface area (Å²) < 4.78 is 41.5. The number of nitrogen functional groups attached to an aromatic ring is 1. The lowest BCUT2D eigenvalue weighted by Gasteiger charge is -2.21. The topological polar surface area (TPSA) is 156 Å². The zero-order valence-electron chi connectivity index (χ0n) is 20.8. The number of halogens is 1. The highest BCUT2D eigenvalue weighted by Gasteiger charge is 2.39. The van der Waals surface area contributed by atoms with E-state index >= 15 is 0 Å². The number of nitrogens with two attached hydrogens (primary N) is 1. The van der Waals surface area contributed by atoms with Gasteiger partial charge in [0.15, 0.2) is 0 Å². The monoisotopic (exact) mass is 559 g/mol. The second kappa shape index (κ2) is 10.8. The molecule has 1 atom stereocenters. The van der Waals surface area contributed by atoms with Crippen LogP contribution in [-0.2, 0) is 14.8 Å². The van der Waals surface area contributed by atoms with Crippen molar-refractivity contribution in [2.75, 3.05) is 6.54 Å². The van der Waals surface area contributed by atoms with Gasteiger partial charge in [-0.15, -0.1) is 0 Å². The molecule has 10 nitrogen and oxygen atoms in total. The van der Waals surface area contributed by atoms with Crippen LogP contribution in [0, 0.1) is 17.7 Å². The molecule has 0 saturated carbocycles. The minimum Gasteiger partial charge on any atom is -0.480 e. The Labute approximate surface area is 228 Å². The van der Waals surface area contributed by atoms with Crippen LogP contribution < -0.4 is 11.3 Å². The molecule has 4 N–H and O–H groups in total. The molecule has 0 radical (unpaired) electrons. The quantitative estimate of drug-likeness (QED) is 0.146. The van der Waals surface area contributed by atoms with Crippen molar-refractivity contribution in [1.29, 1.82) is 0 Å². The maximum Gasteiger partial charge on any atom is 0.322 e. The first-order valence-electron chi connectivity index (χ1n) is 12.1. The maximum atomic E-state index is 14.8. The molecule has 40 heavy (non-hydrogen) atoms. The number of benzene rings is 2. The molecule has 0 spiro atoms. The van der Waals surface area contributed by atoms with Gasteiger partial charge in [-0.25, -0.2) is 23.6 Å². The summed E-state index contributed by atoms with van der Waals surface area (Å²) in [6.45, 7) is 0.0614. The number of hydrogen-bond acceptors (Lipinski definition) is 7. The Bertz CT molecular complexity index is 1820. The highest BCUT2D eigenvalue weighted by Crippen LogP contribution is 2.28. The van der Waals surface area contributed by atoms with Crippen LogP contribution in [0.2, 0.25) is 0 Å². The molecule has 12 heteroatoms. The maximum absolute atomic E-state index is 14.8. The molecular formula is C28H22FN5O5S. The zero-order chi connectivity index (χ0) is 28.4. The SMILES string of the molecule is NNC(=O)c1cc(-c2ccc(C#Cc3ccc(S(=O)(=O)N4CCCC4C(=O)O)cc3F)cc2)nc2ccncc12. The van der Waals surface area contributed by atoms with E-state index in [4.69, 9.17) is 5.84 Å². The predicted molar refractivity (Wildman–Crippen MR) is 144 cm³/mol. The van der Waals surface area contributed by atoms with Crippen molar-refractivity contribution in [3.63, 3.8) is 0 Å². The molecule has 0 bridgehead atoms. The lowest BCUT2D eigenvalue weighted by Crippen LogP contribution is -2.40. The molecular weight excluding hydrogens is 537 g/mol. The normalized spacial score (nSPS) is 15.4. The van der Waals surface area contributed by atoms with E-state index in [0.29, 0.717) is 39.7 Å². The lowest BCUT2D eigenvalue weighted by molar-refractivity contribution is -0.140. The van der Waals surface area contributed by atoms with Crippen LogP contribution in [0.1, 0.15) is 34.3 Å². The van der Waals surface area contributed by atoms with Gasteiger partial charge in [-0.05, 0) is 55.3 Å². The Morgan fingerprint density at radius 2 is 1.88 bits per heavy atom. The van der Waals surface area contributed by atoms with Crippen molar-refractivity contribution >= 4 is 32.8 Å². The van der Waals surface area contributed by atoms with Crippen LogP contribution in [0.3, 0.4) is 0 Å². The van der Waals surface area contributed by atoms with E-state index in [2.05, 4.69) is 27.2 Å². The number of hydrazine groups is 1. The van der Waals surface area contributed by atoms with Crippen LogP contribution in [-0.4, -0.2) is 52.3 Å². The first kappa shape index (κ1) is 26.9. The summed E-state index contributed by atoms with van der Waals surface area (Å²) in [6, 6.07) is 12.4. The molecule has 2 aromatic carbocycles. The van der Waals surface area contributed by atoms with Gasteiger partial charge in [0, 0.05) is 35.5 Å². The number of nitrogens with one attached hydrogen (secondary N) is 1. The standard InChI is InChI=1S/C28H22FN5O5S/c29-23-14-20(40(38,39)34-13-1-2-26(34)28(36)37)10-9-18(23)6-3-17-4-7-19(8-5-17)25-15-21(27(35)33-30)22-16-31-12-11-24(22)32-25/h4-5,7-12,14-16,26H,1-2,13,30H2,(H,33,35)(H,36,37). The second-order valence-corrected chi connectivity index (χ2v) is 10.9. The molecule has 0 aliphatic carbocycles. The number of rotatable bonds is 5. The third kappa shape index (κ3) is 5.13. The van der Waals surface area contributed by atoms with E-state index in [9.17, 15) is 27.5 Å². The van der Waals surface area contributed by atoms with Crippen LogP contribution >= 0.6 is 0 Å². The zero-order valence-corrected chi connectivity index (χ0v) is 21.7. The summed E-state index contributed by atoms with van der Waals surface area (Å²) in [5.74, 6) is 8.34. The number of pyridine rings is 2. The number of carbonyl (C=O) groups is 2. The molecule has 1 fully saturated rings. The molecule has 1 amide bonds. The molecule has 1 saturated heterocycles. The Morgan fingerprint density at radius 3 is 2.58 bits per heavy atom. The fourth-order valence-electron chi connectivity index (χ4n) is 4.51. The fourth-order valence-corrected chi connectivity index (χ4v) is 6.18. The van der Waals surface area contributed by atoms with E-state index in [1.165, 1.54) is 18.3 Å². The number of nitrogens with zero attached hydrogens (tertiary/aromatic N) is 3. The number of carbonyl (C=O) groups excluding carboxylic acids is 1. The highest BCUT2D eigenvalue weighted by atomic mass is 32.2. The number of sulfonamides is 1. The number of fused-ring (bicyclic) bond motifs is 1. The molecule has 5 rings (SSSR count). The summed E-state index contributed by atoms with van der Waals surface area (Å²) in [5.41, 5.74) is 4.80. The molecule has 2 aromatic heterocycles. The van der Waals surface area contributed by atoms with Gasteiger partial charge in [-0.2, -0.15) is 4.31 Å². The van der Waals surface area contributed by atoms with E-state index < -0.39 is 33.8 Å².